The first-order valence-electron chi connectivity index (χ1n) is 8.78. The van der Waals surface area contributed by atoms with Gasteiger partial charge in [-0.1, -0.05) is 0 Å². The molecule has 0 atom stereocenters. The second kappa shape index (κ2) is 7.19. The summed E-state index contributed by atoms with van der Waals surface area (Å²) >= 11 is 1.51. The molecule has 132 valence electrons. The van der Waals surface area contributed by atoms with Crippen molar-refractivity contribution < 1.29 is 0 Å². The van der Waals surface area contributed by atoms with E-state index in [4.69, 9.17) is 5.10 Å². The van der Waals surface area contributed by atoms with Gasteiger partial charge < -0.3 is 4.90 Å². The molecule has 3 heterocycles. The first kappa shape index (κ1) is 17.4. The number of aromatic nitrogens is 4. The number of hydrogen-bond acceptors (Lipinski definition) is 6. The van der Waals surface area contributed by atoms with Crippen LogP contribution in [-0.2, 0) is 6.54 Å². The molecule has 0 N–H and O–H groups in total. The molecule has 0 bridgehead atoms. The molecule has 0 spiro atoms. The lowest BCUT2D eigenvalue weighted by atomic mass is 10.1. The van der Waals surface area contributed by atoms with Gasteiger partial charge in [0.05, 0.1) is 5.69 Å². The molecule has 1 aliphatic heterocycles. The molecule has 0 aliphatic carbocycles. The van der Waals surface area contributed by atoms with Crippen molar-refractivity contribution in [2.75, 3.05) is 31.1 Å². The monoisotopic (exact) mass is 348 g/mol. The third-order valence-electron chi connectivity index (χ3n) is 4.72. The average molecular weight is 349 g/mol. The van der Waals surface area contributed by atoms with Crippen molar-refractivity contribution >= 4 is 16.7 Å². The van der Waals surface area contributed by atoms with Gasteiger partial charge in [-0.25, -0.2) is 4.98 Å². The normalized spacial score (nSPS) is 16.8. The zero-order chi connectivity index (χ0) is 17.3. The van der Waals surface area contributed by atoms with Crippen molar-refractivity contribution in [2.45, 2.75) is 53.6 Å². The maximum Gasteiger partial charge on any atom is 0.205 e. The molecule has 1 aliphatic rings. The fourth-order valence-corrected chi connectivity index (χ4v) is 4.11. The van der Waals surface area contributed by atoms with Crippen LogP contribution in [0.25, 0.3) is 0 Å². The van der Waals surface area contributed by atoms with E-state index in [-0.39, 0.29) is 0 Å². The fraction of sp³-hybridized carbons (Fsp3) is 0.706. The summed E-state index contributed by atoms with van der Waals surface area (Å²) in [6.45, 7) is 15.9. The molecular weight excluding hydrogens is 320 g/mol. The average Bonchev–Trinajstić information content (AvgIpc) is 2.98. The summed E-state index contributed by atoms with van der Waals surface area (Å²) in [4.78, 5) is 9.47. The maximum absolute atomic E-state index is 4.73. The molecule has 3 rings (SSSR count). The van der Waals surface area contributed by atoms with Crippen molar-refractivity contribution in [3.8, 4) is 0 Å². The Morgan fingerprint density at radius 3 is 2.50 bits per heavy atom. The van der Waals surface area contributed by atoms with Gasteiger partial charge in [-0.3, -0.25) is 9.58 Å². The van der Waals surface area contributed by atoms with Crippen LogP contribution in [0.5, 0.6) is 0 Å². The van der Waals surface area contributed by atoms with Crippen LogP contribution in [0, 0.1) is 20.8 Å². The van der Waals surface area contributed by atoms with Gasteiger partial charge in [-0.2, -0.15) is 9.47 Å². The predicted molar refractivity (Wildman–Crippen MR) is 98.8 cm³/mol. The van der Waals surface area contributed by atoms with E-state index in [1.54, 1.807) is 0 Å². The molecule has 0 amide bonds. The van der Waals surface area contributed by atoms with E-state index < -0.39 is 0 Å². The summed E-state index contributed by atoms with van der Waals surface area (Å²) in [6.07, 6.45) is 1.16. The molecule has 6 nitrogen and oxygen atoms in total. The van der Waals surface area contributed by atoms with E-state index in [1.807, 2.05) is 6.92 Å². The quantitative estimate of drug-likeness (QED) is 0.850. The van der Waals surface area contributed by atoms with Gasteiger partial charge in [-0.15, -0.1) is 0 Å². The van der Waals surface area contributed by atoms with E-state index in [9.17, 15) is 0 Å². The third kappa shape index (κ3) is 3.62. The van der Waals surface area contributed by atoms with Crippen molar-refractivity contribution in [3.05, 3.63) is 22.8 Å². The highest BCUT2D eigenvalue weighted by Crippen LogP contribution is 2.22. The summed E-state index contributed by atoms with van der Waals surface area (Å²) in [7, 11) is 0. The summed E-state index contributed by atoms with van der Waals surface area (Å²) < 4.78 is 6.47. The summed E-state index contributed by atoms with van der Waals surface area (Å²) in [5.41, 5.74) is 3.87. The Hall–Kier alpha value is -1.47. The number of aryl methyl sites for hydroxylation is 2. The van der Waals surface area contributed by atoms with Gasteiger partial charge in [0.2, 0.25) is 5.13 Å². The summed E-state index contributed by atoms with van der Waals surface area (Å²) in [5, 5.41) is 5.79. The molecule has 2 aromatic heterocycles. The van der Waals surface area contributed by atoms with E-state index in [0.717, 1.165) is 50.1 Å². The maximum atomic E-state index is 4.73. The molecule has 24 heavy (non-hydrogen) atoms. The minimum atomic E-state index is 0.415. The van der Waals surface area contributed by atoms with E-state index in [2.05, 4.69) is 51.5 Å². The minimum absolute atomic E-state index is 0.415. The van der Waals surface area contributed by atoms with Crippen LogP contribution < -0.4 is 4.90 Å². The molecular formula is C17H28N6S. The van der Waals surface area contributed by atoms with Gasteiger partial charge in [0.25, 0.3) is 0 Å². The molecule has 0 radical (unpaired) electrons. The molecule has 1 fully saturated rings. The first-order valence-corrected chi connectivity index (χ1v) is 9.55. The lowest BCUT2D eigenvalue weighted by Crippen LogP contribution is -2.30. The van der Waals surface area contributed by atoms with Crippen LogP contribution in [0.2, 0.25) is 0 Å². The number of rotatable bonds is 4. The van der Waals surface area contributed by atoms with Crippen molar-refractivity contribution in [2.24, 2.45) is 0 Å². The summed E-state index contributed by atoms with van der Waals surface area (Å²) in [5.74, 6) is 0.878. The van der Waals surface area contributed by atoms with Crippen LogP contribution >= 0.6 is 11.5 Å². The fourth-order valence-electron chi connectivity index (χ4n) is 3.39. The van der Waals surface area contributed by atoms with Gasteiger partial charge in [-0.05, 0) is 41.0 Å². The Bertz CT molecular complexity index is 689. The Balaban J connectivity index is 1.67. The highest BCUT2D eigenvalue weighted by molar-refractivity contribution is 7.09. The molecule has 2 aromatic rings. The zero-order valence-corrected chi connectivity index (χ0v) is 16.2. The molecule has 0 aromatic carbocycles. The van der Waals surface area contributed by atoms with Crippen LogP contribution in [0.1, 0.15) is 49.1 Å². The smallest absolute Gasteiger partial charge is 0.205 e. The van der Waals surface area contributed by atoms with Gasteiger partial charge in [0.1, 0.15) is 5.82 Å². The van der Waals surface area contributed by atoms with Crippen LogP contribution in [0.3, 0.4) is 0 Å². The Morgan fingerprint density at radius 2 is 1.88 bits per heavy atom. The topological polar surface area (TPSA) is 50.1 Å². The molecule has 0 saturated carbocycles. The van der Waals surface area contributed by atoms with Crippen LogP contribution in [-0.4, -0.2) is 50.2 Å². The standard InChI is InChI=1S/C17H28N6S/c1-12(2)23-14(4)16(13(3)19-23)11-21-7-6-8-22(10-9-21)17-18-15(5)20-24-17/h12H,6-11H2,1-5H3. The molecule has 0 unspecified atom stereocenters. The van der Waals surface area contributed by atoms with E-state index in [1.165, 1.54) is 28.5 Å². The highest BCUT2D eigenvalue weighted by atomic mass is 32.1. The largest absolute Gasteiger partial charge is 0.346 e. The number of nitrogens with zero attached hydrogens (tertiary/aromatic N) is 6. The number of anilines is 1. The second-order valence-corrected chi connectivity index (χ2v) is 7.66. The van der Waals surface area contributed by atoms with E-state index in [0.29, 0.717) is 6.04 Å². The van der Waals surface area contributed by atoms with Crippen molar-refractivity contribution in [3.63, 3.8) is 0 Å². The second-order valence-electron chi connectivity index (χ2n) is 6.93. The van der Waals surface area contributed by atoms with Crippen LogP contribution in [0.4, 0.5) is 5.13 Å². The molecule has 1 saturated heterocycles. The lowest BCUT2D eigenvalue weighted by molar-refractivity contribution is 0.284. The Morgan fingerprint density at radius 1 is 1.08 bits per heavy atom. The highest BCUT2D eigenvalue weighted by Gasteiger charge is 2.20. The van der Waals surface area contributed by atoms with Crippen molar-refractivity contribution in [1.29, 1.82) is 0 Å². The summed E-state index contributed by atoms with van der Waals surface area (Å²) in [6, 6.07) is 0.415. The Labute approximate surface area is 148 Å². The predicted octanol–water partition coefficient (Wildman–Crippen LogP) is 2.95. The van der Waals surface area contributed by atoms with E-state index >= 15 is 0 Å². The number of hydrogen-bond donors (Lipinski definition) is 0. The van der Waals surface area contributed by atoms with Gasteiger partial charge in [0, 0.05) is 61.6 Å². The minimum Gasteiger partial charge on any atom is -0.346 e. The Kier molecular flexibility index (Phi) is 5.20. The van der Waals surface area contributed by atoms with Gasteiger partial charge >= 0.3 is 0 Å². The zero-order valence-electron chi connectivity index (χ0n) is 15.4. The van der Waals surface area contributed by atoms with Crippen molar-refractivity contribution in [1.82, 2.24) is 24.0 Å². The van der Waals surface area contributed by atoms with Crippen LogP contribution in [0.15, 0.2) is 0 Å². The lowest BCUT2D eigenvalue weighted by Gasteiger charge is -2.21. The third-order valence-corrected chi connectivity index (χ3v) is 5.59. The van der Waals surface area contributed by atoms with Gasteiger partial charge in [0.15, 0.2) is 0 Å². The SMILES string of the molecule is Cc1nsc(N2CCCN(Cc3c(C)nn(C(C)C)c3C)CC2)n1. The molecule has 7 heteroatoms. The first-order chi connectivity index (χ1) is 11.5.